The van der Waals surface area contributed by atoms with Gasteiger partial charge in [-0.1, -0.05) is 48.2 Å². The molecule has 0 amide bonds. The molecule has 0 radical (unpaired) electrons. The first kappa shape index (κ1) is 20.8. The molecule has 1 aliphatic carbocycles. The molecule has 144 valence electrons. The Hall–Kier alpha value is -2.52. The summed E-state index contributed by atoms with van der Waals surface area (Å²) >= 11 is 0. The van der Waals surface area contributed by atoms with Crippen molar-refractivity contribution in [3.8, 4) is 0 Å². The van der Waals surface area contributed by atoms with Gasteiger partial charge in [0.2, 0.25) is 0 Å². The number of carbonyl (C=O) groups is 1. The van der Waals surface area contributed by atoms with Crippen molar-refractivity contribution in [3.63, 3.8) is 0 Å². The molecule has 2 atom stereocenters. The van der Waals surface area contributed by atoms with Crippen LogP contribution >= 0.6 is 0 Å². The normalized spacial score (nSPS) is 16.6. The van der Waals surface area contributed by atoms with E-state index in [0.717, 1.165) is 30.4 Å². The number of benzene rings is 1. The predicted molar refractivity (Wildman–Crippen MR) is 95.1 cm³/mol. The molecule has 2 rings (SSSR count). The molecule has 0 saturated heterocycles. The van der Waals surface area contributed by atoms with E-state index >= 15 is 0 Å². The summed E-state index contributed by atoms with van der Waals surface area (Å²) in [5.41, 5.74) is 3.23. The molecule has 0 fully saturated rings. The first-order chi connectivity index (χ1) is 12.7. The minimum absolute atomic E-state index is 0.316. The van der Waals surface area contributed by atoms with Crippen molar-refractivity contribution in [2.75, 3.05) is 7.11 Å². The van der Waals surface area contributed by atoms with E-state index in [1.54, 1.807) is 6.92 Å². The molecule has 0 bridgehead atoms. The van der Waals surface area contributed by atoms with E-state index in [9.17, 15) is 18.0 Å². The third kappa shape index (κ3) is 4.42. The minimum atomic E-state index is -5.00. The number of aryl methyl sites for hydroxylation is 1. The maximum atomic E-state index is 13.9. The van der Waals surface area contributed by atoms with E-state index in [1.807, 2.05) is 31.2 Å². The Morgan fingerprint density at radius 2 is 2.00 bits per heavy atom. The zero-order chi connectivity index (χ0) is 20.1. The second-order valence-corrected chi connectivity index (χ2v) is 6.23. The number of hydrogen-bond acceptors (Lipinski definition) is 3. The lowest BCUT2D eigenvalue weighted by atomic mass is 9.90. The summed E-state index contributed by atoms with van der Waals surface area (Å²) in [6, 6.07) is 7.52. The van der Waals surface area contributed by atoms with Crippen LogP contribution in [0.5, 0.6) is 0 Å². The smallest absolute Gasteiger partial charge is 0.432 e. The van der Waals surface area contributed by atoms with Crippen LogP contribution in [0.15, 0.2) is 59.5 Å². The van der Waals surface area contributed by atoms with Crippen LogP contribution in [0, 0.1) is 6.92 Å². The molecule has 1 unspecified atom stereocenters. The van der Waals surface area contributed by atoms with Gasteiger partial charge in [0.1, 0.15) is 6.10 Å². The monoisotopic (exact) mass is 378 g/mol. The van der Waals surface area contributed by atoms with Crippen LogP contribution < -0.4 is 0 Å². The second kappa shape index (κ2) is 8.45. The fourth-order valence-electron chi connectivity index (χ4n) is 2.89. The van der Waals surface area contributed by atoms with E-state index in [2.05, 4.69) is 11.5 Å². The lowest BCUT2D eigenvalue weighted by Crippen LogP contribution is -2.56. The van der Waals surface area contributed by atoms with Gasteiger partial charge in [-0.2, -0.15) is 13.2 Å². The second-order valence-electron chi connectivity index (χ2n) is 6.23. The van der Waals surface area contributed by atoms with Gasteiger partial charge >= 0.3 is 12.1 Å². The van der Waals surface area contributed by atoms with Gasteiger partial charge in [0.15, 0.2) is 0 Å². The van der Waals surface area contributed by atoms with E-state index in [4.69, 9.17) is 9.47 Å². The molecule has 0 aromatic heterocycles. The zero-order valence-corrected chi connectivity index (χ0v) is 15.4. The molecular weight excluding hydrogens is 357 g/mol. The molecule has 1 aromatic rings. The summed E-state index contributed by atoms with van der Waals surface area (Å²) in [5.74, 6) is -1.49. The van der Waals surface area contributed by atoms with Gasteiger partial charge < -0.3 is 9.47 Å². The van der Waals surface area contributed by atoms with Gasteiger partial charge in [0, 0.05) is 19.1 Å². The van der Waals surface area contributed by atoms with Crippen LogP contribution in [0.25, 0.3) is 0 Å². The Morgan fingerprint density at radius 1 is 1.26 bits per heavy atom. The van der Waals surface area contributed by atoms with Crippen LogP contribution in [-0.2, 0) is 20.7 Å². The molecule has 0 saturated carbocycles. The highest BCUT2D eigenvalue weighted by Crippen LogP contribution is 2.41. The van der Waals surface area contributed by atoms with Crippen molar-refractivity contribution in [2.24, 2.45) is 0 Å². The number of carbonyl (C=O) groups excluding carboxylic acids is 1. The van der Waals surface area contributed by atoms with Gasteiger partial charge in [-0.15, -0.1) is 0 Å². The molecular formula is C21H21F3O3. The molecule has 0 spiro atoms. The van der Waals surface area contributed by atoms with E-state index in [0.29, 0.717) is 12.8 Å². The Kier molecular flexibility index (Phi) is 6.50. The first-order valence-electron chi connectivity index (χ1n) is 8.51. The Bertz CT molecular complexity index is 825. The molecule has 3 nitrogen and oxygen atoms in total. The molecule has 0 heterocycles. The van der Waals surface area contributed by atoms with Gasteiger partial charge in [-0.05, 0) is 37.1 Å². The van der Waals surface area contributed by atoms with Crippen LogP contribution in [0.3, 0.4) is 0 Å². The summed E-state index contributed by atoms with van der Waals surface area (Å²) in [4.78, 5) is 12.7. The van der Waals surface area contributed by atoms with Crippen molar-refractivity contribution >= 4 is 5.97 Å². The van der Waals surface area contributed by atoms with Crippen molar-refractivity contribution in [3.05, 3.63) is 70.7 Å². The maximum absolute atomic E-state index is 13.9. The third-order valence-corrected chi connectivity index (χ3v) is 4.33. The van der Waals surface area contributed by atoms with Gasteiger partial charge in [0.25, 0.3) is 5.60 Å². The summed E-state index contributed by atoms with van der Waals surface area (Å²) in [5, 5.41) is 0. The van der Waals surface area contributed by atoms with Crippen LogP contribution in [0.2, 0.25) is 0 Å². The quantitative estimate of drug-likeness (QED) is 0.513. The fourth-order valence-corrected chi connectivity index (χ4v) is 2.89. The minimum Gasteiger partial charge on any atom is -0.459 e. The fraction of sp³-hybridized carbons (Fsp3) is 0.381. The van der Waals surface area contributed by atoms with Crippen LogP contribution in [0.4, 0.5) is 13.2 Å². The average Bonchev–Trinajstić information content (AvgIpc) is 2.62. The average molecular weight is 378 g/mol. The third-order valence-electron chi connectivity index (χ3n) is 4.33. The number of hydrogen-bond donors (Lipinski definition) is 0. The predicted octanol–water partition coefficient (Wildman–Crippen LogP) is 4.61. The molecule has 27 heavy (non-hydrogen) atoms. The highest BCUT2D eigenvalue weighted by Gasteiger charge is 2.65. The highest BCUT2D eigenvalue weighted by atomic mass is 19.4. The van der Waals surface area contributed by atoms with E-state index in [1.165, 1.54) is 6.08 Å². The van der Waals surface area contributed by atoms with Crippen molar-refractivity contribution in [2.45, 2.75) is 44.6 Å². The molecule has 0 N–H and O–H groups in total. The Balaban J connectivity index is 2.30. The van der Waals surface area contributed by atoms with Crippen LogP contribution in [-0.4, -0.2) is 31.0 Å². The lowest BCUT2D eigenvalue weighted by Gasteiger charge is -2.34. The van der Waals surface area contributed by atoms with E-state index in [-0.39, 0.29) is 0 Å². The molecule has 1 aliphatic rings. The Morgan fingerprint density at radius 3 is 2.52 bits per heavy atom. The van der Waals surface area contributed by atoms with Crippen molar-refractivity contribution in [1.29, 1.82) is 0 Å². The standard InChI is InChI=1S/C21H21F3O3/c1-4-18(14-16-10-8-9-15(2)13-16)27-19(25)20(26-3,21(22,23)24)17-11-6-5-7-12-17/h6,8-13,18H,4,14H2,1-3H3/t18-,20?/m1/s1. The van der Waals surface area contributed by atoms with E-state index < -0.39 is 29.4 Å². The molecule has 6 heteroatoms. The number of alkyl halides is 3. The summed E-state index contributed by atoms with van der Waals surface area (Å²) < 4.78 is 51.7. The number of methoxy groups -OCH3 is 1. The topological polar surface area (TPSA) is 35.5 Å². The SMILES string of the molecule is CC[C@H](Cc1cccc(C)c1)OC(=O)C(OC)(C1=CC=C=C=C1)C(F)(F)F. The number of rotatable bonds is 7. The molecule has 1 aromatic carbocycles. The van der Waals surface area contributed by atoms with Gasteiger partial charge in [-0.25, -0.2) is 4.79 Å². The zero-order valence-electron chi connectivity index (χ0n) is 15.4. The number of halogens is 3. The van der Waals surface area contributed by atoms with Gasteiger partial charge in [-0.3, -0.25) is 0 Å². The largest absolute Gasteiger partial charge is 0.459 e. The number of esters is 1. The number of allylic oxidation sites excluding steroid dienone is 2. The Labute approximate surface area is 156 Å². The van der Waals surface area contributed by atoms with Crippen LogP contribution in [0.1, 0.15) is 24.5 Å². The first-order valence-corrected chi connectivity index (χ1v) is 8.51. The van der Waals surface area contributed by atoms with Crippen molar-refractivity contribution < 1.29 is 27.4 Å². The van der Waals surface area contributed by atoms with Crippen molar-refractivity contribution in [1.82, 2.24) is 0 Å². The van der Waals surface area contributed by atoms with Gasteiger partial charge in [0.05, 0.1) is 0 Å². The maximum Gasteiger partial charge on any atom is 0.432 e. The summed E-state index contributed by atoms with van der Waals surface area (Å²) in [6.45, 7) is 3.67. The molecule has 0 aliphatic heterocycles. The summed E-state index contributed by atoms with van der Waals surface area (Å²) in [7, 11) is 0.840. The highest BCUT2D eigenvalue weighted by molar-refractivity contribution is 5.86. The lowest BCUT2D eigenvalue weighted by molar-refractivity contribution is -0.258. The number of ether oxygens (including phenoxy) is 2. The summed E-state index contributed by atoms with van der Waals surface area (Å²) in [6.07, 6.45) is -1.64.